The van der Waals surface area contributed by atoms with E-state index in [0.717, 1.165) is 5.56 Å². The number of aromatic nitrogens is 1. The van der Waals surface area contributed by atoms with Gasteiger partial charge in [-0.1, -0.05) is 11.6 Å². The second-order valence-electron chi connectivity index (χ2n) is 5.36. The minimum Gasteiger partial charge on any atom is -0.504 e. The summed E-state index contributed by atoms with van der Waals surface area (Å²) in [6, 6.07) is 13.8. The fraction of sp³-hybridized carbons (Fsp3) is 0. The predicted octanol–water partition coefficient (Wildman–Crippen LogP) is 4.23. The average Bonchev–Trinajstić information content (AvgIpc) is 3.11. The highest BCUT2D eigenvalue weighted by Gasteiger charge is 2.07. The zero-order valence-electron chi connectivity index (χ0n) is 13.8. The molecule has 0 saturated heterocycles. The molecule has 3 N–H and O–H groups in total. The Morgan fingerprint density at radius 2 is 1.96 bits per heavy atom. The Morgan fingerprint density at radius 3 is 2.70 bits per heavy atom. The van der Waals surface area contributed by atoms with E-state index >= 15 is 0 Å². The SMILES string of the molecule is O=C(C=Cc1ccc(-c2ccc(Cl)cc2)o1)NC(=S)Nc1ncccc1O. The van der Waals surface area contributed by atoms with Gasteiger partial charge in [0, 0.05) is 22.9 Å². The van der Waals surface area contributed by atoms with Crippen molar-refractivity contribution in [3.05, 3.63) is 71.6 Å². The summed E-state index contributed by atoms with van der Waals surface area (Å²) in [5, 5.41) is 15.4. The summed E-state index contributed by atoms with van der Waals surface area (Å²) in [5.74, 6) is 0.804. The second kappa shape index (κ2) is 8.48. The van der Waals surface area contributed by atoms with Crippen molar-refractivity contribution in [3.63, 3.8) is 0 Å². The summed E-state index contributed by atoms with van der Waals surface area (Å²) in [4.78, 5) is 15.9. The highest BCUT2D eigenvalue weighted by Crippen LogP contribution is 2.24. The standard InChI is InChI=1S/C19H14ClN3O3S/c20-13-5-3-12(4-6-13)16-9-7-14(26-16)8-10-17(25)22-19(27)23-18-15(24)2-1-11-21-18/h1-11,24H,(H2,21,22,23,25,27). The third-order valence-electron chi connectivity index (χ3n) is 3.41. The van der Waals surface area contributed by atoms with Gasteiger partial charge in [0.25, 0.3) is 0 Å². The Kier molecular flexibility index (Phi) is 5.85. The quantitative estimate of drug-likeness (QED) is 0.449. The van der Waals surface area contributed by atoms with Crippen LogP contribution in [-0.2, 0) is 4.79 Å². The van der Waals surface area contributed by atoms with Crippen LogP contribution < -0.4 is 10.6 Å². The number of hydrogen-bond acceptors (Lipinski definition) is 5. The maximum atomic E-state index is 12.0. The van der Waals surface area contributed by atoms with E-state index in [4.69, 9.17) is 28.2 Å². The van der Waals surface area contributed by atoms with E-state index in [1.165, 1.54) is 24.4 Å². The Balaban J connectivity index is 1.58. The number of amides is 1. The van der Waals surface area contributed by atoms with E-state index < -0.39 is 5.91 Å². The molecule has 0 aliphatic carbocycles. The van der Waals surface area contributed by atoms with Gasteiger partial charge in [0.15, 0.2) is 16.7 Å². The molecule has 0 atom stereocenters. The smallest absolute Gasteiger partial charge is 0.250 e. The van der Waals surface area contributed by atoms with Crippen LogP contribution in [0.5, 0.6) is 5.75 Å². The molecular weight excluding hydrogens is 386 g/mol. The summed E-state index contributed by atoms with van der Waals surface area (Å²) >= 11 is 10.9. The van der Waals surface area contributed by atoms with Crippen molar-refractivity contribution in [2.24, 2.45) is 0 Å². The molecule has 0 aliphatic rings. The summed E-state index contributed by atoms with van der Waals surface area (Å²) in [6.07, 6.45) is 4.30. The van der Waals surface area contributed by atoms with Crippen molar-refractivity contribution in [1.29, 1.82) is 0 Å². The van der Waals surface area contributed by atoms with Crippen LogP contribution in [-0.4, -0.2) is 21.1 Å². The third kappa shape index (κ3) is 5.16. The largest absolute Gasteiger partial charge is 0.504 e. The molecule has 1 aromatic carbocycles. The lowest BCUT2D eigenvalue weighted by Crippen LogP contribution is -2.33. The molecule has 3 rings (SSSR count). The fourth-order valence-electron chi connectivity index (χ4n) is 2.16. The number of aromatic hydroxyl groups is 1. The Morgan fingerprint density at radius 1 is 1.19 bits per heavy atom. The number of pyridine rings is 1. The molecule has 0 radical (unpaired) electrons. The number of rotatable bonds is 4. The van der Waals surface area contributed by atoms with Gasteiger partial charge in [0.1, 0.15) is 11.5 Å². The molecule has 136 valence electrons. The van der Waals surface area contributed by atoms with Crippen LogP contribution in [0.15, 0.2) is 65.2 Å². The number of carbonyl (C=O) groups excluding carboxylic acids is 1. The zero-order chi connectivity index (χ0) is 19.2. The number of furan rings is 1. The molecular formula is C19H14ClN3O3S. The van der Waals surface area contributed by atoms with E-state index in [9.17, 15) is 9.90 Å². The van der Waals surface area contributed by atoms with Gasteiger partial charge in [-0.15, -0.1) is 0 Å². The van der Waals surface area contributed by atoms with Gasteiger partial charge in [0.2, 0.25) is 5.91 Å². The van der Waals surface area contributed by atoms with Gasteiger partial charge >= 0.3 is 0 Å². The van der Waals surface area contributed by atoms with Gasteiger partial charge in [-0.3, -0.25) is 10.1 Å². The Labute approximate surface area is 165 Å². The van der Waals surface area contributed by atoms with Crippen LogP contribution in [0.3, 0.4) is 0 Å². The maximum Gasteiger partial charge on any atom is 0.250 e. The number of anilines is 1. The predicted molar refractivity (Wildman–Crippen MR) is 108 cm³/mol. The molecule has 0 aliphatic heterocycles. The fourth-order valence-corrected chi connectivity index (χ4v) is 2.48. The normalized spacial score (nSPS) is 10.7. The van der Waals surface area contributed by atoms with E-state index in [1.807, 2.05) is 12.1 Å². The molecule has 0 bridgehead atoms. The summed E-state index contributed by atoms with van der Waals surface area (Å²) in [5.41, 5.74) is 0.879. The monoisotopic (exact) mass is 399 g/mol. The minimum atomic E-state index is -0.452. The van der Waals surface area contributed by atoms with Crippen molar-refractivity contribution in [1.82, 2.24) is 10.3 Å². The highest BCUT2D eigenvalue weighted by atomic mass is 35.5. The maximum absolute atomic E-state index is 12.0. The first-order chi connectivity index (χ1) is 13.0. The van der Waals surface area contributed by atoms with Gasteiger partial charge in [-0.2, -0.15) is 0 Å². The van der Waals surface area contributed by atoms with Crippen LogP contribution in [0.4, 0.5) is 5.82 Å². The van der Waals surface area contributed by atoms with E-state index in [1.54, 1.807) is 30.3 Å². The Bertz CT molecular complexity index is 999. The number of thiocarbonyl (C=S) groups is 1. The van der Waals surface area contributed by atoms with Gasteiger partial charge in [0.05, 0.1) is 0 Å². The summed E-state index contributed by atoms with van der Waals surface area (Å²) < 4.78 is 5.67. The first-order valence-electron chi connectivity index (χ1n) is 7.81. The molecule has 6 nitrogen and oxygen atoms in total. The number of nitrogens with one attached hydrogen (secondary N) is 2. The number of carbonyl (C=O) groups is 1. The van der Waals surface area contributed by atoms with Crippen LogP contribution >= 0.6 is 23.8 Å². The summed E-state index contributed by atoms with van der Waals surface area (Å²) in [7, 11) is 0. The molecule has 1 amide bonds. The van der Waals surface area contributed by atoms with E-state index in [0.29, 0.717) is 16.5 Å². The minimum absolute atomic E-state index is 0.0138. The number of nitrogens with zero attached hydrogens (tertiary/aromatic N) is 1. The van der Waals surface area contributed by atoms with E-state index in [-0.39, 0.29) is 16.7 Å². The number of benzene rings is 1. The van der Waals surface area contributed by atoms with Crippen molar-refractivity contribution in [2.75, 3.05) is 5.32 Å². The van der Waals surface area contributed by atoms with Crippen LogP contribution in [0.25, 0.3) is 17.4 Å². The van der Waals surface area contributed by atoms with Crippen molar-refractivity contribution < 1.29 is 14.3 Å². The molecule has 2 aromatic heterocycles. The topological polar surface area (TPSA) is 87.4 Å². The summed E-state index contributed by atoms with van der Waals surface area (Å²) in [6.45, 7) is 0. The average molecular weight is 400 g/mol. The van der Waals surface area contributed by atoms with Crippen molar-refractivity contribution >= 4 is 46.7 Å². The molecule has 27 heavy (non-hydrogen) atoms. The van der Waals surface area contributed by atoms with E-state index in [2.05, 4.69) is 15.6 Å². The van der Waals surface area contributed by atoms with Gasteiger partial charge in [-0.25, -0.2) is 4.98 Å². The van der Waals surface area contributed by atoms with Crippen molar-refractivity contribution in [3.8, 4) is 17.1 Å². The van der Waals surface area contributed by atoms with Crippen LogP contribution in [0.2, 0.25) is 5.02 Å². The lowest BCUT2D eigenvalue weighted by Gasteiger charge is -2.08. The number of halogens is 1. The van der Waals surface area contributed by atoms with Crippen LogP contribution in [0.1, 0.15) is 5.76 Å². The molecule has 3 aromatic rings. The van der Waals surface area contributed by atoms with Gasteiger partial charge in [-0.05, 0) is 66.8 Å². The second-order valence-corrected chi connectivity index (χ2v) is 6.20. The lowest BCUT2D eigenvalue weighted by atomic mass is 10.2. The number of hydrogen-bond donors (Lipinski definition) is 3. The molecule has 0 unspecified atom stereocenters. The molecule has 0 saturated carbocycles. The highest BCUT2D eigenvalue weighted by molar-refractivity contribution is 7.80. The first-order valence-corrected chi connectivity index (χ1v) is 8.60. The Hall–Kier alpha value is -3.16. The molecule has 0 spiro atoms. The van der Waals surface area contributed by atoms with Crippen LogP contribution in [0, 0.1) is 0 Å². The lowest BCUT2D eigenvalue weighted by molar-refractivity contribution is -0.115. The molecule has 2 heterocycles. The zero-order valence-corrected chi connectivity index (χ0v) is 15.4. The first kappa shape index (κ1) is 18.6. The molecule has 0 fully saturated rings. The van der Waals surface area contributed by atoms with Crippen molar-refractivity contribution in [2.45, 2.75) is 0 Å². The third-order valence-corrected chi connectivity index (χ3v) is 3.87. The molecule has 8 heteroatoms. The van der Waals surface area contributed by atoms with Gasteiger partial charge < -0.3 is 14.8 Å².